The lowest BCUT2D eigenvalue weighted by Gasteiger charge is -2.32. The molecular weight excluding hydrogens is 196 g/mol. The lowest BCUT2D eigenvalue weighted by atomic mass is 10.2. The number of hydrogen-bond donors (Lipinski definition) is 1. The van der Waals surface area contributed by atoms with Crippen LogP contribution in [0.25, 0.3) is 0 Å². The first-order chi connectivity index (χ1) is 7.00. The third kappa shape index (κ3) is 3.51. The highest BCUT2D eigenvalue weighted by Gasteiger charge is 2.24. The van der Waals surface area contributed by atoms with E-state index in [1.807, 2.05) is 0 Å². The molecule has 0 saturated carbocycles. The fourth-order valence-corrected chi connectivity index (χ4v) is 1.46. The molecule has 1 saturated heterocycles. The highest BCUT2D eigenvalue weighted by atomic mass is 16.3. The van der Waals surface area contributed by atoms with Crippen molar-refractivity contribution in [3.63, 3.8) is 0 Å². The molecule has 1 aliphatic heterocycles. The molecule has 2 amide bonds. The van der Waals surface area contributed by atoms with Crippen LogP contribution in [0.5, 0.6) is 0 Å². The highest BCUT2D eigenvalue weighted by molar-refractivity contribution is 5.85. The van der Waals surface area contributed by atoms with Gasteiger partial charge in [0.2, 0.25) is 11.8 Å². The average Bonchev–Trinajstić information content (AvgIpc) is 2.18. The van der Waals surface area contributed by atoms with Crippen LogP contribution in [0.2, 0.25) is 0 Å². The maximum absolute atomic E-state index is 11.6. The minimum atomic E-state index is -0.461. The normalized spacial score (nSPS) is 19.3. The van der Waals surface area contributed by atoms with Crippen LogP contribution in [0, 0.1) is 0 Å². The zero-order chi connectivity index (χ0) is 11.4. The molecule has 1 atom stereocenters. The molecule has 0 bridgehead atoms. The van der Waals surface area contributed by atoms with Crippen LogP contribution in [0.3, 0.4) is 0 Å². The SMILES string of the molecule is CC(O)CCC(=O)N1CCN(C)C(=O)C1. The van der Waals surface area contributed by atoms with E-state index in [2.05, 4.69) is 0 Å². The summed E-state index contributed by atoms with van der Waals surface area (Å²) in [5.74, 6) is -0.0657. The van der Waals surface area contributed by atoms with E-state index in [0.717, 1.165) is 0 Å². The van der Waals surface area contributed by atoms with Gasteiger partial charge in [-0.25, -0.2) is 0 Å². The summed E-state index contributed by atoms with van der Waals surface area (Å²) in [6, 6.07) is 0. The number of likely N-dealkylation sites (N-methyl/N-ethyl adjacent to an activating group) is 1. The average molecular weight is 214 g/mol. The van der Waals surface area contributed by atoms with Gasteiger partial charge in [-0.05, 0) is 13.3 Å². The first kappa shape index (κ1) is 12.0. The van der Waals surface area contributed by atoms with Crippen LogP contribution in [0.4, 0.5) is 0 Å². The predicted octanol–water partition coefficient (Wildman–Crippen LogP) is -0.552. The number of amides is 2. The first-order valence-corrected chi connectivity index (χ1v) is 5.20. The van der Waals surface area contributed by atoms with Crippen LogP contribution >= 0.6 is 0 Å². The Kier molecular flexibility index (Phi) is 4.08. The quantitative estimate of drug-likeness (QED) is 0.685. The lowest BCUT2D eigenvalue weighted by molar-refractivity contribution is -0.144. The minimum Gasteiger partial charge on any atom is -0.393 e. The number of hydrogen-bond acceptors (Lipinski definition) is 3. The van der Waals surface area contributed by atoms with Gasteiger partial charge in [0.05, 0.1) is 12.6 Å². The molecule has 1 rings (SSSR count). The molecule has 5 heteroatoms. The monoisotopic (exact) mass is 214 g/mol. The van der Waals surface area contributed by atoms with Crippen LogP contribution < -0.4 is 0 Å². The fourth-order valence-electron chi connectivity index (χ4n) is 1.46. The Morgan fingerprint density at radius 1 is 1.53 bits per heavy atom. The van der Waals surface area contributed by atoms with E-state index in [0.29, 0.717) is 25.9 Å². The number of carbonyl (C=O) groups excluding carboxylic acids is 2. The molecule has 0 spiro atoms. The van der Waals surface area contributed by atoms with Gasteiger partial charge in [0.25, 0.3) is 0 Å². The molecule has 0 aromatic heterocycles. The molecule has 5 nitrogen and oxygen atoms in total. The minimum absolute atomic E-state index is 0.0216. The van der Waals surface area contributed by atoms with Gasteiger partial charge < -0.3 is 14.9 Å². The Labute approximate surface area is 89.7 Å². The summed E-state index contributed by atoms with van der Waals surface area (Å²) in [6.07, 6.45) is 0.311. The van der Waals surface area contributed by atoms with E-state index in [1.54, 1.807) is 23.8 Å². The second-order valence-corrected chi connectivity index (χ2v) is 4.02. The van der Waals surface area contributed by atoms with Crippen molar-refractivity contribution in [1.82, 2.24) is 9.80 Å². The van der Waals surface area contributed by atoms with Crippen molar-refractivity contribution in [3.05, 3.63) is 0 Å². The van der Waals surface area contributed by atoms with Crippen molar-refractivity contribution in [2.45, 2.75) is 25.9 Å². The van der Waals surface area contributed by atoms with E-state index < -0.39 is 6.10 Å². The van der Waals surface area contributed by atoms with Crippen molar-refractivity contribution in [2.24, 2.45) is 0 Å². The molecule has 1 unspecified atom stereocenters. The predicted molar refractivity (Wildman–Crippen MR) is 55.1 cm³/mol. The lowest BCUT2D eigenvalue weighted by Crippen LogP contribution is -2.50. The Hall–Kier alpha value is -1.10. The van der Waals surface area contributed by atoms with Gasteiger partial charge in [0.1, 0.15) is 0 Å². The van der Waals surface area contributed by atoms with Crippen LogP contribution in [-0.4, -0.2) is 59.5 Å². The highest BCUT2D eigenvalue weighted by Crippen LogP contribution is 2.06. The Bertz CT molecular complexity index is 253. The van der Waals surface area contributed by atoms with E-state index in [4.69, 9.17) is 5.11 Å². The van der Waals surface area contributed by atoms with Gasteiger partial charge in [-0.1, -0.05) is 0 Å². The molecule has 0 aromatic rings. The smallest absolute Gasteiger partial charge is 0.241 e. The second kappa shape index (κ2) is 5.11. The zero-order valence-electron chi connectivity index (χ0n) is 9.27. The van der Waals surface area contributed by atoms with Crippen molar-refractivity contribution in [1.29, 1.82) is 0 Å². The summed E-state index contributed by atoms with van der Waals surface area (Å²) >= 11 is 0. The topological polar surface area (TPSA) is 60.9 Å². The molecule has 1 fully saturated rings. The molecule has 0 aromatic carbocycles. The summed E-state index contributed by atoms with van der Waals surface area (Å²) < 4.78 is 0. The molecule has 86 valence electrons. The summed E-state index contributed by atoms with van der Waals surface area (Å²) in [5, 5.41) is 9.05. The summed E-state index contributed by atoms with van der Waals surface area (Å²) in [5.41, 5.74) is 0. The van der Waals surface area contributed by atoms with Crippen LogP contribution in [0.1, 0.15) is 19.8 Å². The van der Waals surface area contributed by atoms with Crippen molar-refractivity contribution in [2.75, 3.05) is 26.7 Å². The van der Waals surface area contributed by atoms with Gasteiger partial charge in [0.15, 0.2) is 0 Å². The van der Waals surface area contributed by atoms with Gasteiger partial charge in [-0.15, -0.1) is 0 Å². The largest absolute Gasteiger partial charge is 0.393 e. The zero-order valence-corrected chi connectivity index (χ0v) is 9.27. The summed E-state index contributed by atoms with van der Waals surface area (Å²) in [4.78, 5) is 26.1. The Balaban J connectivity index is 2.37. The standard InChI is InChI=1S/C10H18N2O3/c1-8(13)3-4-9(14)12-6-5-11(2)10(15)7-12/h8,13H,3-7H2,1-2H3. The number of carbonyl (C=O) groups is 2. The van der Waals surface area contributed by atoms with E-state index in [-0.39, 0.29) is 18.4 Å². The van der Waals surface area contributed by atoms with Gasteiger partial charge in [0, 0.05) is 26.6 Å². The van der Waals surface area contributed by atoms with Gasteiger partial charge in [-0.2, -0.15) is 0 Å². The maximum atomic E-state index is 11.6. The molecule has 0 aliphatic carbocycles. The number of nitrogens with zero attached hydrogens (tertiary/aromatic N) is 2. The third-order valence-corrected chi connectivity index (χ3v) is 2.59. The molecule has 1 N–H and O–H groups in total. The van der Waals surface area contributed by atoms with E-state index in [1.165, 1.54) is 0 Å². The van der Waals surface area contributed by atoms with Crippen LogP contribution in [0.15, 0.2) is 0 Å². The molecule has 15 heavy (non-hydrogen) atoms. The number of aliphatic hydroxyl groups is 1. The van der Waals surface area contributed by atoms with E-state index >= 15 is 0 Å². The molecule has 1 heterocycles. The van der Waals surface area contributed by atoms with Crippen LogP contribution in [-0.2, 0) is 9.59 Å². The first-order valence-electron chi connectivity index (χ1n) is 5.20. The summed E-state index contributed by atoms with van der Waals surface area (Å²) in [7, 11) is 1.74. The molecule has 0 radical (unpaired) electrons. The Morgan fingerprint density at radius 2 is 2.20 bits per heavy atom. The van der Waals surface area contributed by atoms with Gasteiger partial charge in [-0.3, -0.25) is 9.59 Å². The number of aliphatic hydroxyl groups excluding tert-OH is 1. The van der Waals surface area contributed by atoms with Crippen molar-refractivity contribution >= 4 is 11.8 Å². The molecule has 1 aliphatic rings. The number of piperazine rings is 1. The second-order valence-electron chi connectivity index (χ2n) is 4.02. The maximum Gasteiger partial charge on any atom is 0.241 e. The van der Waals surface area contributed by atoms with Gasteiger partial charge >= 0.3 is 0 Å². The van der Waals surface area contributed by atoms with E-state index in [9.17, 15) is 9.59 Å². The Morgan fingerprint density at radius 3 is 2.73 bits per heavy atom. The summed E-state index contributed by atoms with van der Waals surface area (Å²) in [6.45, 7) is 3.03. The van der Waals surface area contributed by atoms with Crippen molar-refractivity contribution < 1.29 is 14.7 Å². The molecular formula is C10H18N2O3. The third-order valence-electron chi connectivity index (χ3n) is 2.59. The fraction of sp³-hybridized carbons (Fsp3) is 0.800. The number of rotatable bonds is 3. The van der Waals surface area contributed by atoms with Crippen molar-refractivity contribution in [3.8, 4) is 0 Å².